The molecule has 0 aliphatic carbocycles. The highest BCUT2D eigenvalue weighted by atomic mass is 19.3. The minimum Gasteiger partial charge on any atom is -0.341 e. The molecule has 0 aromatic carbocycles. The Morgan fingerprint density at radius 2 is 2.07 bits per heavy atom. The van der Waals surface area contributed by atoms with Gasteiger partial charge in [0.1, 0.15) is 0 Å². The number of alkyl halides is 2. The lowest BCUT2D eigenvalue weighted by Crippen LogP contribution is -2.65. The van der Waals surface area contributed by atoms with E-state index < -0.39 is 11.3 Å². The van der Waals surface area contributed by atoms with Crippen molar-refractivity contribution in [3.8, 4) is 0 Å². The Kier molecular flexibility index (Phi) is 2.45. The van der Waals surface area contributed by atoms with Crippen molar-refractivity contribution in [3.05, 3.63) is 0 Å². The predicted molar refractivity (Wildman–Crippen MR) is 51.7 cm³/mol. The Labute approximate surface area is 87.8 Å². The molecule has 2 aliphatic rings. The van der Waals surface area contributed by atoms with Crippen LogP contribution in [0.3, 0.4) is 0 Å². The first kappa shape index (κ1) is 10.8. The SMILES string of the molecule is CCCC(=O)N1CC2(CNCC2(F)F)C1. The molecule has 0 bridgehead atoms. The molecule has 1 N–H and O–H groups in total. The second kappa shape index (κ2) is 3.40. The third kappa shape index (κ3) is 1.53. The van der Waals surface area contributed by atoms with E-state index in [0.717, 1.165) is 6.42 Å². The van der Waals surface area contributed by atoms with Crippen molar-refractivity contribution in [3.63, 3.8) is 0 Å². The van der Waals surface area contributed by atoms with Gasteiger partial charge in [0, 0.05) is 26.1 Å². The van der Waals surface area contributed by atoms with E-state index in [1.807, 2.05) is 6.92 Å². The molecular weight excluding hydrogens is 202 g/mol. The monoisotopic (exact) mass is 218 g/mol. The van der Waals surface area contributed by atoms with Gasteiger partial charge < -0.3 is 10.2 Å². The molecule has 3 nitrogen and oxygen atoms in total. The fourth-order valence-electron chi connectivity index (χ4n) is 2.35. The van der Waals surface area contributed by atoms with E-state index in [2.05, 4.69) is 5.32 Å². The molecule has 2 rings (SSSR count). The smallest absolute Gasteiger partial charge is 0.270 e. The van der Waals surface area contributed by atoms with Crippen molar-refractivity contribution >= 4 is 5.91 Å². The van der Waals surface area contributed by atoms with Gasteiger partial charge in [-0.1, -0.05) is 6.92 Å². The van der Waals surface area contributed by atoms with Gasteiger partial charge >= 0.3 is 0 Å². The fraction of sp³-hybridized carbons (Fsp3) is 0.900. The van der Waals surface area contributed by atoms with Crippen LogP contribution in [0.25, 0.3) is 0 Å². The maximum atomic E-state index is 13.5. The van der Waals surface area contributed by atoms with Crippen LogP contribution in [-0.2, 0) is 4.79 Å². The van der Waals surface area contributed by atoms with Crippen LogP contribution < -0.4 is 5.32 Å². The maximum absolute atomic E-state index is 13.5. The standard InChI is InChI=1S/C10H16F2N2O/c1-2-3-8(15)14-6-9(7-14)4-13-5-10(9,11)12/h13H,2-7H2,1H3. The average molecular weight is 218 g/mol. The van der Waals surface area contributed by atoms with Gasteiger partial charge in [0.15, 0.2) is 0 Å². The van der Waals surface area contributed by atoms with E-state index in [9.17, 15) is 13.6 Å². The molecule has 2 fully saturated rings. The number of carbonyl (C=O) groups excluding carboxylic acids is 1. The molecule has 0 unspecified atom stereocenters. The molecule has 2 saturated heterocycles. The summed E-state index contributed by atoms with van der Waals surface area (Å²) >= 11 is 0. The molecule has 1 amide bonds. The Balaban J connectivity index is 1.94. The molecule has 0 aromatic heterocycles. The summed E-state index contributed by atoms with van der Waals surface area (Å²) in [5.74, 6) is -2.65. The normalized spacial score (nSPS) is 26.7. The second-order valence-electron chi connectivity index (χ2n) is 4.59. The van der Waals surface area contributed by atoms with Gasteiger partial charge in [-0.25, -0.2) is 8.78 Å². The highest BCUT2D eigenvalue weighted by Crippen LogP contribution is 2.46. The number of hydrogen-bond donors (Lipinski definition) is 1. The van der Waals surface area contributed by atoms with E-state index in [0.29, 0.717) is 13.0 Å². The molecule has 2 aliphatic heterocycles. The van der Waals surface area contributed by atoms with Crippen molar-refractivity contribution < 1.29 is 13.6 Å². The Morgan fingerprint density at radius 3 is 2.53 bits per heavy atom. The highest BCUT2D eigenvalue weighted by molar-refractivity contribution is 5.77. The molecule has 1 spiro atoms. The number of nitrogens with one attached hydrogen (secondary N) is 1. The first-order valence-electron chi connectivity index (χ1n) is 5.37. The topological polar surface area (TPSA) is 32.3 Å². The van der Waals surface area contributed by atoms with E-state index in [1.54, 1.807) is 4.90 Å². The summed E-state index contributed by atoms with van der Waals surface area (Å²) in [6.07, 6.45) is 1.24. The quantitative estimate of drug-likeness (QED) is 0.745. The molecule has 0 saturated carbocycles. The molecule has 0 radical (unpaired) electrons. The van der Waals surface area contributed by atoms with Gasteiger partial charge in [-0.3, -0.25) is 4.79 Å². The number of hydrogen-bond acceptors (Lipinski definition) is 2. The number of carbonyl (C=O) groups is 1. The maximum Gasteiger partial charge on any atom is 0.270 e. The summed E-state index contributed by atoms with van der Waals surface area (Å²) in [4.78, 5) is 13.0. The van der Waals surface area contributed by atoms with Gasteiger partial charge in [-0.15, -0.1) is 0 Å². The molecule has 0 atom stereocenters. The van der Waals surface area contributed by atoms with Crippen LogP contribution in [-0.4, -0.2) is 42.9 Å². The molecule has 0 aromatic rings. The lowest BCUT2D eigenvalue weighted by Gasteiger charge is -2.50. The van der Waals surface area contributed by atoms with Crippen molar-refractivity contribution in [2.45, 2.75) is 25.7 Å². The van der Waals surface area contributed by atoms with E-state index in [-0.39, 0.29) is 25.5 Å². The molecular formula is C10H16F2N2O. The van der Waals surface area contributed by atoms with Crippen LogP contribution in [0.1, 0.15) is 19.8 Å². The van der Waals surface area contributed by atoms with Gasteiger partial charge in [0.2, 0.25) is 5.91 Å². The number of halogens is 2. The predicted octanol–water partition coefficient (Wildman–Crippen LogP) is 0.854. The number of rotatable bonds is 2. The second-order valence-corrected chi connectivity index (χ2v) is 4.59. The minimum absolute atomic E-state index is 0.00539. The summed E-state index contributed by atoms with van der Waals surface area (Å²) in [6.45, 7) is 2.43. The van der Waals surface area contributed by atoms with Crippen molar-refractivity contribution in [2.24, 2.45) is 5.41 Å². The number of likely N-dealkylation sites (tertiary alicyclic amines) is 1. The highest BCUT2D eigenvalue weighted by Gasteiger charge is 2.63. The van der Waals surface area contributed by atoms with Gasteiger partial charge in [-0.2, -0.15) is 0 Å². The van der Waals surface area contributed by atoms with Crippen LogP contribution in [0.5, 0.6) is 0 Å². The zero-order chi connectivity index (χ0) is 11.1. The van der Waals surface area contributed by atoms with Crippen LogP contribution in [0.4, 0.5) is 8.78 Å². The number of amides is 1. The van der Waals surface area contributed by atoms with E-state index in [1.165, 1.54) is 0 Å². The Morgan fingerprint density at radius 1 is 1.40 bits per heavy atom. The third-order valence-electron chi connectivity index (χ3n) is 3.39. The fourth-order valence-corrected chi connectivity index (χ4v) is 2.35. The average Bonchev–Trinajstić information content (AvgIpc) is 2.38. The van der Waals surface area contributed by atoms with Gasteiger partial charge in [-0.05, 0) is 6.42 Å². The molecule has 5 heteroatoms. The van der Waals surface area contributed by atoms with Gasteiger partial charge in [0.25, 0.3) is 5.92 Å². The summed E-state index contributed by atoms with van der Waals surface area (Å²) in [7, 11) is 0. The largest absolute Gasteiger partial charge is 0.341 e. The minimum atomic E-state index is -2.66. The first-order chi connectivity index (χ1) is 7.01. The number of nitrogens with zero attached hydrogens (tertiary/aromatic N) is 1. The lowest BCUT2D eigenvalue weighted by atomic mass is 9.76. The van der Waals surface area contributed by atoms with Crippen LogP contribution in [0.2, 0.25) is 0 Å². The lowest BCUT2D eigenvalue weighted by molar-refractivity contribution is -0.173. The van der Waals surface area contributed by atoms with Crippen molar-refractivity contribution in [1.29, 1.82) is 0 Å². The summed E-state index contributed by atoms with van der Waals surface area (Å²) < 4.78 is 26.9. The van der Waals surface area contributed by atoms with Crippen molar-refractivity contribution in [2.75, 3.05) is 26.2 Å². The molecule has 15 heavy (non-hydrogen) atoms. The summed E-state index contributed by atoms with van der Waals surface area (Å²) in [5.41, 5.74) is -0.976. The summed E-state index contributed by atoms with van der Waals surface area (Å²) in [6, 6.07) is 0. The zero-order valence-corrected chi connectivity index (χ0v) is 8.85. The Hall–Kier alpha value is -0.710. The van der Waals surface area contributed by atoms with E-state index in [4.69, 9.17) is 0 Å². The van der Waals surface area contributed by atoms with Crippen LogP contribution >= 0.6 is 0 Å². The third-order valence-corrected chi connectivity index (χ3v) is 3.39. The van der Waals surface area contributed by atoms with E-state index >= 15 is 0 Å². The van der Waals surface area contributed by atoms with Gasteiger partial charge in [0.05, 0.1) is 12.0 Å². The molecule has 86 valence electrons. The molecule has 2 heterocycles. The summed E-state index contributed by atoms with van der Waals surface area (Å²) in [5, 5.41) is 2.71. The van der Waals surface area contributed by atoms with Crippen molar-refractivity contribution in [1.82, 2.24) is 10.2 Å². The van der Waals surface area contributed by atoms with Crippen LogP contribution in [0, 0.1) is 5.41 Å². The Bertz CT molecular complexity index is 275. The van der Waals surface area contributed by atoms with Crippen LogP contribution in [0.15, 0.2) is 0 Å². The zero-order valence-electron chi connectivity index (χ0n) is 8.85. The first-order valence-corrected chi connectivity index (χ1v) is 5.37.